The number of aryl methyl sites for hydroxylation is 1. The Morgan fingerprint density at radius 3 is 2.46 bits per heavy atom. The van der Waals surface area contributed by atoms with Gasteiger partial charge >= 0.3 is 6.18 Å². The van der Waals surface area contributed by atoms with Crippen LogP contribution in [0.2, 0.25) is 0 Å². The van der Waals surface area contributed by atoms with Crippen molar-refractivity contribution in [2.75, 3.05) is 18.4 Å². The molecule has 0 bridgehead atoms. The Balaban J connectivity index is 1.63. The van der Waals surface area contributed by atoms with Crippen LogP contribution in [0.1, 0.15) is 24.0 Å². The molecular formula is C18H19F3N2O3S2. The lowest BCUT2D eigenvalue weighted by atomic mass is 9.97. The fraction of sp³-hybridized carbons (Fsp3) is 0.389. The average molecular weight is 432 g/mol. The first-order valence-electron chi connectivity index (χ1n) is 8.61. The Kier molecular flexibility index (Phi) is 5.83. The van der Waals surface area contributed by atoms with E-state index in [1.165, 1.54) is 29.4 Å². The highest BCUT2D eigenvalue weighted by atomic mass is 32.2. The molecule has 0 aliphatic carbocycles. The first kappa shape index (κ1) is 20.8. The Morgan fingerprint density at radius 1 is 1.21 bits per heavy atom. The predicted octanol–water partition coefficient (Wildman–Crippen LogP) is 4.11. The molecular weight excluding hydrogens is 413 g/mol. The van der Waals surface area contributed by atoms with Crippen molar-refractivity contribution in [3.05, 3.63) is 46.8 Å². The van der Waals surface area contributed by atoms with E-state index in [-0.39, 0.29) is 28.5 Å². The van der Waals surface area contributed by atoms with Gasteiger partial charge in [0.15, 0.2) is 0 Å². The van der Waals surface area contributed by atoms with Crippen LogP contribution in [0.4, 0.5) is 18.9 Å². The summed E-state index contributed by atoms with van der Waals surface area (Å²) >= 11 is 1.14. The molecule has 28 heavy (non-hydrogen) atoms. The Labute approximate surface area is 165 Å². The van der Waals surface area contributed by atoms with E-state index in [9.17, 15) is 26.4 Å². The molecule has 1 aliphatic rings. The van der Waals surface area contributed by atoms with Gasteiger partial charge in [0.1, 0.15) is 4.21 Å². The van der Waals surface area contributed by atoms with E-state index in [4.69, 9.17) is 0 Å². The molecule has 3 rings (SSSR count). The van der Waals surface area contributed by atoms with Gasteiger partial charge in [0.25, 0.3) is 10.0 Å². The lowest BCUT2D eigenvalue weighted by Gasteiger charge is -2.30. The normalized spacial score (nSPS) is 16.9. The Bertz CT molecular complexity index is 949. The number of alkyl halides is 3. The third kappa shape index (κ3) is 4.39. The molecule has 0 atom stereocenters. The molecule has 2 heterocycles. The molecule has 1 amide bonds. The lowest BCUT2D eigenvalue weighted by Crippen LogP contribution is -2.41. The molecule has 1 aromatic heterocycles. The minimum absolute atomic E-state index is 0.0801. The van der Waals surface area contributed by atoms with Crippen LogP contribution in [-0.4, -0.2) is 31.7 Å². The van der Waals surface area contributed by atoms with Crippen molar-refractivity contribution in [2.45, 2.75) is 30.2 Å². The second kappa shape index (κ2) is 7.84. The fourth-order valence-electron chi connectivity index (χ4n) is 3.15. The molecule has 0 spiro atoms. The molecule has 5 nitrogen and oxygen atoms in total. The quantitative estimate of drug-likeness (QED) is 0.791. The topological polar surface area (TPSA) is 66.5 Å². The second-order valence-electron chi connectivity index (χ2n) is 6.63. The molecule has 0 radical (unpaired) electrons. The number of carbonyl (C=O) groups is 1. The summed E-state index contributed by atoms with van der Waals surface area (Å²) in [6.45, 7) is 1.75. The standard InChI is InChI=1S/C18H19F3N2O3S2/c1-12-4-5-14(11-15(12)18(19,20)21)22-17(24)13-6-8-23(9-7-13)28(25,26)16-3-2-10-27-16/h2-5,10-11,13H,6-9H2,1H3,(H,22,24). The molecule has 2 aromatic rings. The summed E-state index contributed by atoms with van der Waals surface area (Å²) in [7, 11) is -3.56. The zero-order valence-corrected chi connectivity index (χ0v) is 16.6. The maximum atomic E-state index is 13.0. The molecule has 1 fully saturated rings. The van der Waals surface area contributed by atoms with Crippen LogP contribution in [0.25, 0.3) is 0 Å². The van der Waals surface area contributed by atoms with Gasteiger partial charge in [-0.2, -0.15) is 17.5 Å². The van der Waals surface area contributed by atoms with Gasteiger partial charge in [-0.1, -0.05) is 12.1 Å². The van der Waals surface area contributed by atoms with Crippen LogP contribution < -0.4 is 5.32 Å². The summed E-state index contributed by atoms with van der Waals surface area (Å²) in [5.74, 6) is -0.851. The summed E-state index contributed by atoms with van der Waals surface area (Å²) < 4.78 is 65.7. The van der Waals surface area contributed by atoms with Crippen LogP contribution in [-0.2, 0) is 21.0 Å². The van der Waals surface area contributed by atoms with E-state index in [1.807, 2.05) is 0 Å². The van der Waals surface area contributed by atoms with E-state index in [2.05, 4.69) is 5.32 Å². The number of piperidine rings is 1. The molecule has 1 N–H and O–H groups in total. The number of nitrogens with one attached hydrogen (secondary N) is 1. The van der Waals surface area contributed by atoms with Gasteiger partial charge in [-0.05, 0) is 48.9 Å². The SMILES string of the molecule is Cc1ccc(NC(=O)C2CCN(S(=O)(=O)c3cccs3)CC2)cc1C(F)(F)F. The van der Waals surface area contributed by atoms with Crippen LogP contribution >= 0.6 is 11.3 Å². The minimum atomic E-state index is -4.49. The molecule has 1 aromatic carbocycles. The van der Waals surface area contributed by atoms with E-state index >= 15 is 0 Å². The van der Waals surface area contributed by atoms with Gasteiger partial charge in [-0.25, -0.2) is 8.42 Å². The van der Waals surface area contributed by atoms with Crippen molar-refractivity contribution in [3.8, 4) is 0 Å². The monoisotopic (exact) mass is 432 g/mol. The number of hydrogen-bond donors (Lipinski definition) is 1. The van der Waals surface area contributed by atoms with E-state index in [1.54, 1.807) is 11.4 Å². The summed E-state index contributed by atoms with van der Waals surface area (Å²) in [6.07, 6.45) is -3.87. The minimum Gasteiger partial charge on any atom is -0.326 e. The average Bonchev–Trinajstić information content (AvgIpc) is 3.18. The van der Waals surface area contributed by atoms with Crippen LogP contribution in [0.5, 0.6) is 0 Å². The summed E-state index contributed by atoms with van der Waals surface area (Å²) in [4.78, 5) is 12.4. The van der Waals surface area contributed by atoms with E-state index in [0.29, 0.717) is 12.8 Å². The number of benzene rings is 1. The number of rotatable bonds is 4. The molecule has 0 saturated carbocycles. The molecule has 1 saturated heterocycles. The third-order valence-corrected chi connectivity index (χ3v) is 8.00. The van der Waals surface area contributed by atoms with Gasteiger partial charge in [0, 0.05) is 24.7 Å². The largest absolute Gasteiger partial charge is 0.416 e. The van der Waals surface area contributed by atoms with E-state index in [0.717, 1.165) is 17.4 Å². The lowest BCUT2D eigenvalue weighted by molar-refractivity contribution is -0.138. The molecule has 1 aliphatic heterocycles. The highest BCUT2D eigenvalue weighted by Crippen LogP contribution is 2.34. The van der Waals surface area contributed by atoms with Crippen molar-refractivity contribution in [1.29, 1.82) is 0 Å². The number of thiophene rings is 1. The summed E-state index contributed by atoms with van der Waals surface area (Å²) in [5.41, 5.74) is -0.628. The van der Waals surface area contributed by atoms with Crippen molar-refractivity contribution < 1.29 is 26.4 Å². The highest BCUT2D eigenvalue weighted by molar-refractivity contribution is 7.91. The van der Waals surface area contributed by atoms with Crippen LogP contribution in [0, 0.1) is 12.8 Å². The van der Waals surface area contributed by atoms with Gasteiger partial charge in [-0.15, -0.1) is 11.3 Å². The maximum absolute atomic E-state index is 13.0. The predicted molar refractivity (Wildman–Crippen MR) is 101 cm³/mol. The summed E-state index contributed by atoms with van der Waals surface area (Å²) in [5, 5.41) is 4.21. The molecule has 152 valence electrons. The number of anilines is 1. The van der Waals surface area contributed by atoms with Crippen LogP contribution in [0.3, 0.4) is 0 Å². The second-order valence-corrected chi connectivity index (χ2v) is 9.74. The van der Waals surface area contributed by atoms with Crippen molar-refractivity contribution in [1.82, 2.24) is 4.31 Å². The molecule has 10 heteroatoms. The Hall–Kier alpha value is -1.91. The number of hydrogen-bond acceptors (Lipinski definition) is 4. The summed E-state index contributed by atoms with van der Waals surface area (Å²) in [6, 6.07) is 6.86. The Morgan fingerprint density at radius 2 is 1.89 bits per heavy atom. The van der Waals surface area contributed by atoms with Gasteiger partial charge in [0.2, 0.25) is 5.91 Å². The zero-order valence-electron chi connectivity index (χ0n) is 15.0. The highest BCUT2D eigenvalue weighted by Gasteiger charge is 2.34. The number of halogens is 3. The van der Waals surface area contributed by atoms with Gasteiger partial charge in [0.05, 0.1) is 5.56 Å². The van der Waals surface area contributed by atoms with E-state index < -0.39 is 33.6 Å². The first-order chi connectivity index (χ1) is 13.1. The first-order valence-corrected chi connectivity index (χ1v) is 10.9. The fourth-order valence-corrected chi connectivity index (χ4v) is 5.76. The van der Waals surface area contributed by atoms with Crippen molar-refractivity contribution in [2.24, 2.45) is 5.92 Å². The van der Waals surface area contributed by atoms with Crippen LogP contribution in [0.15, 0.2) is 39.9 Å². The number of nitrogens with zero attached hydrogens (tertiary/aromatic N) is 1. The third-order valence-electron chi connectivity index (χ3n) is 4.72. The smallest absolute Gasteiger partial charge is 0.326 e. The van der Waals surface area contributed by atoms with Crippen molar-refractivity contribution in [3.63, 3.8) is 0 Å². The maximum Gasteiger partial charge on any atom is 0.416 e. The number of sulfonamides is 1. The number of amides is 1. The molecule has 0 unspecified atom stereocenters. The zero-order chi connectivity index (χ0) is 20.5. The van der Waals surface area contributed by atoms with Gasteiger partial charge < -0.3 is 5.32 Å². The number of carbonyl (C=O) groups excluding carboxylic acids is 1. The van der Waals surface area contributed by atoms with Gasteiger partial charge in [-0.3, -0.25) is 4.79 Å². The van der Waals surface area contributed by atoms with Crippen molar-refractivity contribution >= 4 is 33.0 Å².